The molecule has 0 spiro atoms. The highest BCUT2D eigenvalue weighted by atomic mass is 16.5. The van der Waals surface area contributed by atoms with Gasteiger partial charge in [0.2, 0.25) is 0 Å². The van der Waals surface area contributed by atoms with Crippen LogP contribution in [0.15, 0.2) is 35.9 Å². The summed E-state index contributed by atoms with van der Waals surface area (Å²) in [6, 6.07) is 7.21. The van der Waals surface area contributed by atoms with Gasteiger partial charge in [-0.1, -0.05) is 23.8 Å². The predicted molar refractivity (Wildman–Crippen MR) is 90.4 cm³/mol. The number of anilines is 1. The van der Waals surface area contributed by atoms with Crippen molar-refractivity contribution in [2.24, 2.45) is 0 Å². The van der Waals surface area contributed by atoms with Crippen molar-refractivity contribution in [3.63, 3.8) is 0 Å². The van der Waals surface area contributed by atoms with Gasteiger partial charge in [0.1, 0.15) is 0 Å². The molecule has 23 heavy (non-hydrogen) atoms. The van der Waals surface area contributed by atoms with E-state index in [-0.39, 0.29) is 12.5 Å². The number of benzene rings is 1. The molecule has 0 saturated carbocycles. The van der Waals surface area contributed by atoms with E-state index < -0.39 is 5.97 Å². The van der Waals surface area contributed by atoms with Gasteiger partial charge in [0.25, 0.3) is 5.91 Å². The minimum atomic E-state index is -0.492. The van der Waals surface area contributed by atoms with E-state index >= 15 is 0 Å². The van der Waals surface area contributed by atoms with Crippen LogP contribution in [0, 0.1) is 0 Å². The minimum Gasteiger partial charge on any atom is -0.452 e. The molecule has 2 N–H and O–H groups in total. The first-order chi connectivity index (χ1) is 11.2. The number of para-hydroxylation sites is 1. The van der Waals surface area contributed by atoms with Crippen molar-refractivity contribution >= 4 is 17.6 Å². The summed E-state index contributed by atoms with van der Waals surface area (Å²) in [4.78, 5) is 23.3. The van der Waals surface area contributed by atoms with Crippen molar-refractivity contribution < 1.29 is 14.3 Å². The molecule has 0 aromatic heterocycles. The Morgan fingerprint density at radius 2 is 2.04 bits per heavy atom. The van der Waals surface area contributed by atoms with Gasteiger partial charge in [-0.05, 0) is 44.2 Å². The molecular formula is C18H24N2O3. The molecule has 0 heterocycles. The summed E-state index contributed by atoms with van der Waals surface area (Å²) in [5.74, 6) is -0.818. The van der Waals surface area contributed by atoms with Gasteiger partial charge in [-0.2, -0.15) is 0 Å². The SMILES string of the molecule is CNC(=O)COC(=O)c1ccccc1NCCC1=CCCCC1. The monoisotopic (exact) mass is 316 g/mol. The third kappa shape index (κ3) is 5.43. The molecule has 1 aliphatic rings. The van der Waals surface area contributed by atoms with Gasteiger partial charge >= 0.3 is 5.97 Å². The quantitative estimate of drug-likeness (QED) is 0.599. The second-order valence-electron chi connectivity index (χ2n) is 5.58. The zero-order valence-corrected chi connectivity index (χ0v) is 13.6. The predicted octanol–water partition coefficient (Wildman–Crippen LogP) is 2.89. The molecule has 1 amide bonds. The van der Waals surface area contributed by atoms with Gasteiger partial charge in [-0.25, -0.2) is 4.79 Å². The summed E-state index contributed by atoms with van der Waals surface area (Å²) in [5.41, 5.74) is 2.68. The number of rotatable bonds is 7. The maximum Gasteiger partial charge on any atom is 0.340 e. The standard InChI is InChI=1S/C18H24N2O3/c1-19-17(21)13-23-18(22)15-9-5-6-10-16(15)20-12-11-14-7-3-2-4-8-14/h5-7,9-10,20H,2-4,8,11-13H2,1H3,(H,19,21). The number of hydrogen-bond acceptors (Lipinski definition) is 4. The lowest BCUT2D eigenvalue weighted by atomic mass is 9.97. The van der Waals surface area contributed by atoms with Gasteiger partial charge < -0.3 is 15.4 Å². The van der Waals surface area contributed by atoms with Crippen molar-refractivity contribution in [3.05, 3.63) is 41.5 Å². The Balaban J connectivity index is 1.90. The van der Waals surface area contributed by atoms with E-state index in [0.717, 1.165) is 18.7 Å². The van der Waals surface area contributed by atoms with Crippen molar-refractivity contribution in [2.45, 2.75) is 32.1 Å². The summed E-state index contributed by atoms with van der Waals surface area (Å²) in [6.07, 6.45) is 8.23. The summed E-state index contributed by atoms with van der Waals surface area (Å²) in [7, 11) is 1.51. The highest BCUT2D eigenvalue weighted by Crippen LogP contribution is 2.21. The van der Waals surface area contributed by atoms with Crippen LogP contribution in [0.4, 0.5) is 5.69 Å². The summed E-state index contributed by atoms with van der Waals surface area (Å²) in [5, 5.41) is 5.72. The van der Waals surface area contributed by atoms with E-state index in [9.17, 15) is 9.59 Å². The third-order valence-electron chi connectivity index (χ3n) is 3.91. The van der Waals surface area contributed by atoms with E-state index in [4.69, 9.17) is 4.74 Å². The van der Waals surface area contributed by atoms with Gasteiger partial charge in [0.05, 0.1) is 5.56 Å². The van der Waals surface area contributed by atoms with Crippen molar-refractivity contribution in [1.29, 1.82) is 0 Å². The highest BCUT2D eigenvalue weighted by molar-refractivity contribution is 5.96. The molecular weight excluding hydrogens is 292 g/mol. The Kier molecular flexibility index (Phi) is 6.66. The number of allylic oxidation sites excluding steroid dienone is 1. The lowest BCUT2D eigenvalue weighted by Gasteiger charge is -2.15. The number of carbonyl (C=O) groups excluding carboxylic acids is 2. The number of esters is 1. The minimum absolute atomic E-state index is 0.267. The molecule has 0 fully saturated rings. The Bertz CT molecular complexity index is 581. The van der Waals surface area contributed by atoms with Crippen molar-refractivity contribution in [1.82, 2.24) is 5.32 Å². The molecule has 5 nitrogen and oxygen atoms in total. The average molecular weight is 316 g/mol. The van der Waals surface area contributed by atoms with E-state index in [1.165, 1.54) is 38.3 Å². The van der Waals surface area contributed by atoms with E-state index in [1.54, 1.807) is 12.1 Å². The molecule has 0 aliphatic heterocycles. The lowest BCUT2D eigenvalue weighted by Crippen LogP contribution is -2.25. The van der Waals surface area contributed by atoms with Gasteiger partial charge in [0, 0.05) is 19.3 Å². The van der Waals surface area contributed by atoms with Gasteiger partial charge in [-0.3, -0.25) is 4.79 Å². The number of likely N-dealkylation sites (N-methyl/N-ethyl adjacent to an activating group) is 1. The van der Waals surface area contributed by atoms with Crippen LogP contribution in [0.2, 0.25) is 0 Å². The lowest BCUT2D eigenvalue weighted by molar-refractivity contribution is -0.123. The Hall–Kier alpha value is -2.30. The average Bonchev–Trinajstić information content (AvgIpc) is 2.60. The molecule has 1 aromatic carbocycles. The van der Waals surface area contributed by atoms with Crippen LogP contribution in [0.1, 0.15) is 42.5 Å². The smallest absolute Gasteiger partial charge is 0.340 e. The molecule has 1 aromatic rings. The topological polar surface area (TPSA) is 67.4 Å². The van der Waals surface area contributed by atoms with Crippen LogP contribution in [0.3, 0.4) is 0 Å². The maximum atomic E-state index is 12.1. The molecule has 124 valence electrons. The number of amides is 1. The van der Waals surface area contributed by atoms with E-state index in [2.05, 4.69) is 16.7 Å². The Morgan fingerprint density at radius 3 is 2.78 bits per heavy atom. The molecule has 0 atom stereocenters. The zero-order chi connectivity index (χ0) is 16.5. The van der Waals surface area contributed by atoms with Crippen LogP contribution in [0.25, 0.3) is 0 Å². The first kappa shape index (κ1) is 17.1. The number of hydrogen-bond donors (Lipinski definition) is 2. The third-order valence-corrected chi connectivity index (χ3v) is 3.91. The van der Waals surface area contributed by atoms with Gasteiger partial charge in [0.15, 0.2) is 6.61 Å². The fourth-order valence-corrected chi connectivity index (χ4v) is 2.59. The Morgan fingerprint density at radius 1 is 1.22 bits per heavy atom. The van der Waals surface area contributed by atoms with Crippen LogP contribution in [-0.4, -0.2) is 32.1 Å². The first-order valence-corrected chi connectivity index (χ1v) is 8.09. The fourth-order valence-electron chi connectivity index (χ4n) is 2.59. The molecule has 0 bridgehead atoms. The molecule has 0 saturated heterocycles. The Labute approximate surface area is 137 Å². The first-order valence-electron chi connectivity index (χ1n) is 8.09. The number of nitrogens with one attached hydrogen (secondary N) is 2. The molecule has 0 unspecified atom stereocenters. The highest BCUT2D eigenvalue weighted by Gasteiger charge is 2.13. The largest absolute Gasteiger partial charge is 0.452 e. The second kappa shape index (κ2) is 8.98. The van der Waals surface area contributed by atoms with Gasteiger partial charge in [-0.15, -0.1) is 0 Å². The van der Waals surface area contributed by atoms with Crippen molar-refractivity contribution in [3.8, 4) is 0 Å². The summed E-state index contributed by atoms with van der Waals surface area (Å²) >= 11 is 0. The normalized spacial score (nSPS) is 13.9. The number of ether oxygens (including phenoxy) is 1. The van der Waals surface area contributed by atoms with Crippen LogP contribution >= 0.6 is 0 Å². The summed E-state index contributed by atoms with van der Waals surface area (Å²) in [6.45, 7) is 0.516. The van der Waals surface area contributed by atoms with Crippen LogP contribution in [-0.2, 0) is 9.53 Å². The van der Waals surface area contributed by atoms with E-state index in [0.29, 0.717) is 5.56 Å². The maximum absolute atomic E-state index is 12.1. The van der Waals surface area contributed by atoms with Crippen molar-refractivity contribution in [2.75, 3.05) is 25.5 Å². The molecule has 5 heteroatoms. The van der Waals surface area contributed by atoms with Crippen LogP contribution < -0.4 is 10.6 Å². The summed E-state index contributed by atoms with van der Waals surface area (Å²) < 4.78 is 5.02. The van der Waals surface area contributed by atoms with Crippen LogP contribution in [0.5, 0.6) is 0 Å². The molecule has 2 rings (SSSR count). The van der Waals surface area contributed by atoms with E-state index in [1.807, 2.05) is 12.1 Å². The second-order valence-corrected chi connectivity index (χ2v) is 5.58. The zero-order valence-electron chi connectivity index (χ0n) is 13.6. The fraction of sp³-hybridized carbons (Fsp3) is 0.444. The molecule has 0 radical (unpaired) electrons. The molecule has 1 aliphatic carbocycles. The number of carbonyl (C=O) groups is 2.